The molecular weight excluding hydrogens is 252 g/mol. The lowest BCUT2D eigenvalue weighted by atomic mass is 9.86. The van der Waals surface area contributed by atoms with E-state index in [0.29, 0.717) is 5.56 Å². The number of aryl methyl sites for hydroxylation is 1. The second-order valence-electron chi connectivity index (χ2n) is 5.88. The van der Waals surface area contributed by atoms with Crippen LogP contribution in [-0.2, 0) is 0 Å². The molecule has 1 saturated heterocycles. The fourth-order valence-electron chi connectivity index (χ4n) is 2.82. The van der Waals surface area contributed by atoms with Crippen molar-refractivity contribution < 1.29 is 5.21 Å². The molecule has 0 radical (unpaired) electrons. The number of hydrogen-bond donors (Lipinski definition) is 2. The fraction of sp³-hybridized carbons (Fsp3) is 0.600. The molecule has 1 aromatic rings. The van der Waals surface area contributed by atoms with Crippen molar-refractivity contribution in [3.63, 3.8) is 0 Å². The highest BCUT2D eigenvalue weighted by Gasteiger charge is 2.24. The Balaban J connectivity index is 2.23. The normalized spacial score (nSPS) is 17.8. The predicted molar refractivity (Wildman–Crippen MR) is 81.3 cm³/mol. The molecule has 0 aliphatic carbocycles. The lowest BCUT2D eigenvalue weighted by Crippen LogP contribution is -2.37. The maximum Gasteiger partial charge on any atom is 0.173 e. The van der Waals surface area contributed by atoms with Crippen molar-refractivity contribution >= 4 is 11.7 Å². The van der Waals surface area contributed by atoms with Crippen LogP contribution in [0.5, 0.6) is 0 Å². The van der Waals surface area contributed by atoms with E-state index in [1.807, 2.05) is 19.1 Å². The number of nitrogens with two attached hydrogens (primary N) is 1. The Morgan fingerprint density at radius 1 is 1.40 bits per heavy atom. The molecule has 1 aromatic heterocycles. The Kier molecular flexibility index (Phi) is 4.47. The number of oxime groups is 1. The zero-order chi connectivity index (χ0) is 14.7. The average molecular weight is 276 g/mol. The summed E-state index contributed by atoms with van der Waals surface area (Å²) in [6.07, 6.45) is 2.34. The van der Waals surface area contributed by atoms with Gasteiger partial charge in [0.15, 0.2) is 5.84 Å². The molecule has 0 aromatic carbocycles. The van der Waals surface area contributed by atoms with Crippen molar-refractivity contribution in [1.82, 2.24) is 4.98 Å². The van der Waals surface area contributed by atoms with Gasteiger partial charge >= 0.3 is 0 Å². The number of pyridine rings is 1. The van der Waals surface area contributed by atoms with Crippen molar-refractivity contribution in [2.24, 2.45) is 22.7 Å². The van der Waals surface area contributed by atoms with E-state index in [-0.39, 0.29) is 5.84 Å². The summed E-state index contributed by atoms with van der Waals surface area (Å²) in [6.45, 7) is 8.48. The minimum atomic E-state index is 0.124. The molecule has 1 aliphatic rings. The summed E-state index contributed by atoms with van der Waals surface area (Å²) >= 11 is 0. The number of nitrogens with zero attached hydrogens (tertiary/aromatic N) is 3. The van der Waals surface area contributed by atoms with Crippen molar-refractivity contribution in [1.29, 1.82) is 0 Å². The molecule has 1 aliphatic heterocycles. The standard InChI is InChI=1S/C15H24N4O/c1-10(2)12-6-8-19(9-7-12)15-13(14(16)18-20)5-4-11(3)17-15/h4-5,10,12,20H,6-9H2,1-3H3,(H2,16,18). The van der Waals surface area contributed by atoms with Crippen LogP contribution in [0.1, 0.15) is 37.9 Å². The van der Waals surface area contributed by atoms with Crippen molar-refractivity contribution in [3.8, 4) is 0 Å². The molecule has 3 N–H and O–H groups in total. The van der Waals surface area contributed by atoms with Crippen LogP contribution in [0.3, 0.4) is 0 Å². The third-order valence-corrected chi connectivity index (χ3v) is 4.18. The molecule has 5 heteroatoms. The number of anilines is 1. The molecule has 0 unspecified atom stereocenters. The van der Waals surface area contributed by atoms with Crippen LogP contribution in [0.15, 0.2) is 17.3 Å². The molecule has 110 valence electrons. The van der Waals surface area contributed by atoms with Crippen LogP contribution in [0.4, 0.5) is 5.82 Å². The van der Waals surface area contributed by atoms with Gasteiger partial charge in [0.2, 0.25) is 0 Å². The third-order valence-electron chi connectivity index (χ3n) is 4.18. The molecule has 2 heterocycles. The van der Waals surface area contributed by atoms with Gasteiger partial charge in [-0.3, -0.25) is 0 Å². The Bertz CT molecular complexity index is 491. The topological polar surface area (TPSA) is 74.7 Å². The zero-order valence-corrected chi connectivity index (χ0v) is 12.5. The van der Waals surface area contributed by atoms with Gasteiger partial charge in [-0.15, -0.1) is 0 Å². The summed E-state index contributed by atoms with van der Waals surface area (Å²) < 4.78 is 0. The van der Waals surface area contributed by atoms with E-state index >= 15 is 0 Å². The van der Waals surface area contributed by atoms with E-state index < -0.39 is 0 Å². The summed E-state index contributed by atoms with van der Waals surface area (Å²) in [5.74, 6) is 2.47. The molecule has 0 bridgehead atoms. The van der Waals surface area contributed by atoms with Crippen LogP contribution < -0.4 is 10.6 Å². The molecule has 0 saturated carbocycles. The van der Waals surface area contributed by atoms with Gasteiger partial charge in [-0.05, 0) is 43.7 Å². The Labute approximate surface area is 120 Å². The van der Waals surface area contributed by atoms with Crippen LogP contribution in [0, 0.1) is 18.8 Å². The monoisotopic (exact) mass is 276 g/mol. The second-order valence-corrected chi connectivity index (χ2v) is 5.88. The Morgan fingerprint density at radius 3 is 2.60 bits per heavy atom. The van der Waals surface area contributed by atoms with Crippen molar-refractivity contribution in [2.45, 2.75) is 33.6 Å². The molecule has 2 rings (SSSR count). The first-order chi connectivity index (χ1) is 9.52. The minimum absolute atomic E-state index is 0.124. The smallest absolute Gasteiger partial charge is 0.173 e. The van der Waals surface area contributed by atoms with Gasteiger partial charge in [-0.2, -0.15) is 0 Å². The minimum Gasteiger partial charge on any atom is -0.409 e. The van der Waals surface area contributed by atoms with Gasteiger partial charge in [-0.1, -0.05) is 19.0 Å². The van der Waals surface area contributed by atoms with E-state index in [0.717, 1.165) is 36.4 Å². The van der Waals surface area contributed by atoms with Gasteiger partial charge in [0.1, 0.15) is 5.82 Å². The Hall–Kier alpha value is -1.78. The lowest BCUT2D eigenvalue weighted by Gasteiger charge is -2.35. The maximum atomic E-state index is 8.91. The number of hydrogen-bond acceptors (Lipinski definition) is 4. The maximum absolute atomic E-state index is 8.91. The predicted octanol–water partition coefficient (Wildman–Crippen LogP) is 2.36. The summed E-state index contributed by atoms with van der Waals surface area (Å²) in [7, 11) is 0. The van der Waals surface area contributed by atoms with Crippen LogP contribution >= 0.6 is 0 Å². The van der Waals surface area contributed by atoms with E-state index in [1.54, 1.807) is 0 Å². The summed E-state index contributed by atoms with van der Waals surface area (Å²) in [5.41, 5.74) is 7.41. The quantitative estimate of drug-likeness (QED) is 0.384. The SMILES string of the molecule is Cc1ccc(/C(N)=N/O)c(N2CCC(C(C)C)CC2)n1. The first-order valence-corrected chi connectivity index (χ1v) is 7.23. The summed E-state index contributed by atoms with van der Waals surface area (Å²) in [5, 5.41) is 12.0. The van der Waals surface area contributed by atoms with Crippen LogP contribution in [0.25, 0.3) is 0 Å². The van der Waals surface area contributed by atoms with Crippen LogP contribution in [0.2, 0.25) is 0 Å². The highest BCUT2D eigenvalue weighted by molar-refractivity contribution is 6.01. The van der Waals surface area contributed by atoms with Gasteiger partial charge < -0.3 is 15.8 Å². The van der Waals surface area contributed by atoms with Gasteiger partial charge in [0.05, 0.1) is 5.56 Å². The first-order valence-electron chi connectivity index (χ1n) is 7.23. The number of amidine groups is 1. The fourth-order valence-corrected chi connectivity index (χ4v) is 2.82. The van der Waals surface area contributed by atoms with Crippen LogP contribution in [-0.4, -0.2) is 29.1 Å². The largest absolute Gasteiger partial charge is 0.409 e. The van der Waals surface area contributed by atoms with Gasteiger partial charge in [0, 0.05) is 18.8 Å². The molecule has 0 amide bonds. The molecule has 0 spiro atoms. The zero-order valence-electron chi connectivity index (χ0n) is 12.5. The van der Waals surface area contributed by atoms with Gasteiger partial charge in [0.25, 0.3) is 0 Å². The average Bonchev–Trinajstić information content (AvgIpc) is 2.46. The Morgan fingerprint density at radius 2 is 2.05 bits per heavy atom. The summed E-state index contributed by atoms with van der Waals surface area (Å²) in [4.78, 5) is 6.84. The second kappa shape index (κ2) is 6.11. The van der Waals surface area contributed by atoms with Crippen molar-refractivity contribution in [3.05, 3.63) is 23.4 Å². The van der Waals surface area contributed by atoms with Crippen molar-refractivity contribution in [2.75, 3.05) is 18.0 Å². The molecule has 1 fully saturated rings. The highest BCUT2D eigenvalue weighted by atomic mass is 16.4. The van der Waals surface area contributed by atoms with E-state index in [2.05, 4.69) is 28.9 Å². The number of aromatic nitrogens is 1. The van der Waals surface area contributed by atoms with Gasteiger partial charge in [-0.25, -0.2) is 4.98 Å². The van der Waals surface area contributed by atoms with E-state index in [4.69, 9.17) is 10.9 Å². The van der Waals surface area contributed by atoms with E-state index in [1.165, 1.54) is 12.8 Å². The number of rotatable bonds is 3. The number of piperidine rings is 1. The summed E-state index contributed by atoms with van der Waals surface area (Å²) in [6, 6.07) is 3.76. The molecule has 5 nitrogen and oxygen atoms in total. The first kappa shape index (κ1) is 14.6. The molecule has 20 heavy (non-hydrogen) atoms. The third kappa shape index (κ3) is 3.03. The van der Waals surface area contributed by atoms with E-state index in [9.17, 15) is 0 Å². The molecule has 0 atom stereocenters. The highest BCUT2D eigenvalue weighted by Crippen LogP contribution is 2.28. The molecular formula is C15H24N4O. The lowest BCUT2D eigenvalue weighted by molar-refractivity contribution is 0.310.